The smallest absolute Gasteiger partial charge is 0.254 e. The highest BCUT2D eigenvalue weighted by atomic mass is 16.5. The number of nitrogens with one attached hydrogen (secondary N) is 1. The Labute approximate surface area is 203 Å². The zero-order chi connectivity index (χ0) is 23.2. The van der Waals surface area contributed by atoms with Gasteiger partial charge in [0, 0.05) is 54.5 Å². The van der Waals surface area contributed by atoms with Crippen molar-refractivity contribution in [2.24, 2.45) is 0 Å². The van der Waals surface area contributed by atoms with Gasteiger partial charge >= 0.3 is 0 Å². The minimum Gasteiger partial charge on any atom is -0.375 e. The predicted molar refractivity (Wildman–Crippen MR) is 133 cm³/mol. The Morgan fingerprint density at radius 3 is 2.82 bits per heavy atom. The van der Waals surface area contributed by atoms with E-state index in [0.717, 1.165) is 57.5 Å². The van der Waals surface area contributed by atoms with E-state index in [9.17, 15) is 4.79 Å². The van der Waals surface area contributed by atoms with Crippen LogP contribution in [-0.2, 0) is 10.2 Å². The molecule has 2 unspecified atom stereocenters. The summed E-state index contributed by atoms with van der Waals surface area (Å²) in [4.78, 5) is 19.8. The van der Waals surface area contributed by atoms with Crippen LogP contribution in [0, 0.1) is 0 Å². The van der Waals surface area contributed by atoms with Crippen LogP contribution in [0.25, 0.3) is 0 Å². The molecule has 1 N–H and O–H groups in total. The van der Waals surface area contributed by atoms with E-state index in [1.165, 1.54) is 42.5 Å². The Hall–Kier alpha value is -2.24. The normalized spacial score (nSPS) is 29.6. The third-order valence-electron chi connectivity index (χ3n) is 9.15. The molecule has 3 atom stereocenters. The summed E-state index contributed by atoms with van der Waals surface area (Å²) in [6.45, 7) is 5.52. The molecule has 6 rings (SSSR count). The van der Waals surface area contributed by atoms with Gasteiger partial charge in [-0.1, -0.05) is 31.0 Å². The van der Waals surface area contributed by atoms with Crippen LogP contribution < -0.4 is 5.32 Å². The zero-order valence-corrected chi connectivity index (χ0v) is 20.4. The van der Waals surface area contributed by atoms with Gasteiger partial charge in [0.15, 0.2) is 0 Å². The number of nitrogens with zero attached hydrogens (tertiary/aromatic N) is 2. The maximum absolute atomic E-state index is 12.9. The molecule has 4 aliphatic rings. The van der Waals surface area contributed by atoms with Crippen molar-refractivity contribution < 1.29 is 9.53 Å². The third kappa shape index (κ3) is 3.68. The van der Waals surface area contributed by atoms with Gasteiger partial charge in [-0.15, -0.1) is 0 Å². The molecule has 1 aromatic carbocycles. The van der Waals surface area contributed by atoms with E-state index in [1.807, 2.05) is 23.2 Å². The largest absolute Gasteiger partial charge is 0.375 e. The van der Waals surface area contributed by atoms with E-state index >= 15 is 0 Å². The summed E-state index contributed by atoms with van der Waals surface area (Å²) in [5.41, 5.74) is 4.95. The number of hydrogen-bond acceptors (Lipinski definition) is 4. The second kappa shape index (κ2) is 8.76. The predicted octanol–water partition coefficient (Wildman–Crippen LogP) is 5.13. The van der Waals surface area contributed by atoms with Gasteiger partial charge < -0.3 is 15.0 Å². The van der Waals surface area contributed by atoms with E-state index in [0.29, 0.717) is 12.0 Å². The Bertz CT molecular complexity index is 1050. The van der Waals surface area contributed by atoms with Crippen LogP contribution in [0.4, 0.5) is 0 Å². The minimum atomic E-state index is 0.0540. The molecule has 1 aromatic heterocycles. The molecule has 5 nitrogen and oxygen atoms in total. The number of carbonyl (C=O) groups is 1. The average Bonchev–Trinajstić information content (AvgIpc) is 3.47. The fourth-order valence-electron chi connectivity index (χ4n) is 7.49. The fourth-order valence-corrected chi connectivity index (χ4v) is 7.49. The molecule has 1 amide bonds. The Morgan fingerprint density at radius 1 is 1.15 bits per heavy atom. The van der Waals surface area contributed by atoms with Crippen LogP contribution in [-0.4, -0.2) is 47.6 Å². The van der Waals surface area contributed by atoms with E-state index in [1.54, 1.807) is 0 Å². The number of hydrogen-bond donors (Lipinski definition) is 1. The highest BCUT2D eigenvalue weighted by Crippen LogP contribution is 2.50. The lowest BCUT2D eigenvalue weighted by molar-refractivity contribution is -0.104. The monoisotopic (exact) mass is 459 g/mol. The number of amides is 1. The quantitative estimate of drug-likeness (QED) is 0.651. The molecule has 5 heteroatoms. The highest BCUT2D eigenvalue weighted by Gasteiger charge is 2.48. The van der Waals surface area contributed by atoms with Gasteiger partial charge in [-0.05, 0) is 81.3 Å². The van der Waals surface area contributed by atoms with Gasteiger partial charge in [0.05, 0.1) is 5.60 Å². The molecule has 1 saturated heterocycles. The molecule has 0 bridgehead atoms. The molecule has 2 aliphatic heterocycles. The molecule has 2 fully saturated rings. The molecule has 34 heavy (non-hydrogen) atoms. The first-order valence-corrected chi connectivity index (χ1v) is 13.3. The van der Waals surface area contributed by atoms with Crippen molar-refractivity contribution in [2.45, 2.75) is 81.3 Å². The van der Waals surface area contributed by atoms with Crippen LogP contribution in [0.2, 0.25) is 0 Å². The van der Waals surface area contributed by atoms with Crippen molar-refractivity contribution in [3.05, 3.63) is 65.0 Å². The minimum absolute atomic E-state index is 0.0540. The second-order valence-electron chi connectivity index (χ2n) is 11.0. The van der Waals surface area contributed by atoms with E-state index in [4.69, 9.17) is 9.72 Å². The van der Waals surface area contributed by atoms with Gasteiger partial charge in [0.1, 0.15) is 0 Å². The second-order valence-corrected chi connectivity index (χ2v) is 11.0. The first-order valence-electron chi connectivity index (χ1n) is 13.3. The van der Waals surface area contributed by atoms with Crippen molar-refractivity contribution in [1.82, 2.24) is 15.2 Å². The number of benzene rings is 1. The third-order valence-corrected chi connectivity index (χ3v) is 9.15. The number of rotatable bonds is 6. The molecule has 180 valence electrons. The lowest BCUT2D eigenvalue weighted by Gasteiger charge is -2.46. The molecule has 3 heterocycles. The molecule has 1 spiro atoms. The fraction of sp³-hybridized carbons (Fsp3) is 0.586. The number of ether oxygens (including phenoxy) is 1. The van der Waals surface area contributed by atoms with Gasteiger partial charge in [-0.2, -0.15) is 0 Å². The molecule has 2 aromatic rings. The number of aromatic nitrogens is 1. The maximum Gasteiger partial charge on any atom is 0.254 e. The van der Waals surface area contributed by atoms with Crippen LogP contribution >= 0.6 is 0 Å². The Balaban J connectivity index is 1.21. The van der Waals surface area contributed by atoms with E-state index in [-0.39, 0.29) is 16.9 Å². The summed E-state index contributed by atoms with van der Waals surface area (Å²) in [6.07, 6.45) is 11.2. The Kier molecular flexibility index (Phi) is 5.73. The van der Waals surface area contributed by atoms with Crippen LogP contribution in [0.3, 0.4) is 0 Å². The molecule has 2 aliphatic carbocycles. The average molecular weight is 460 g/mol. The lowest BCUT2D eigenvalue weighted by Crippen LogP contribution is -2.47. The van der Waals surface area contributed by atoms with Crippen molar-refractivity contribution in [1.29, 1.82) is 0 Å². The summed E-state index contributed by atoms with van der Waals surface area (Å²) < 4.78 is 6.42. The highest BCUT2D eigenvalue weighted by molar-refractivity contribution is 5.97. The van der Waals surface area contributed by atoms with Crippen LogP contribution in [0.15, 0.2) is 42.6 Å². The van der Waals surface area contributed by atoms with Crippen molar-refractivity contribution in [3.8, 4) is 0 Å². The number of carbonyl (C=O) groups excluding carboxylic acids is 1. The van der Waals surface area contributed by atoms with Crippen LogP contribution in [0.1, 0.15) is 97.4 Å². The standard InChI is InChI=1S/C29H37N3O2/c1-2-32-19-21-18-24(22-8-7-9-23(26(21)22)27(32)33)30-16-13-28(25-10-3-6-15-31-25)14-17-34-29(20-28)11-4-5-12-29/h3,6-10,15,21,24,30H,2,4-5,11-14,16-20H2,1H3/t21?,24?,28-/m1/s1. The van der Waals surface area contributed by atoms with Crippen LogP contribution in [0.5, 0.6) is 0 Å². The van der Waals surface area contributed by atoms with E-state index in [2.05, 4.69) is 36.5 Å². The molecule has 0 radical (unpaired) electrons. The molecular weight excluding hydrogens is 422 g/mol. The number of likely N-dealkylation sites (N-methyl/N-ethyl adjacent to an activating group) is 1. The summed E-state index contributed by atoms with van der Waals surface area (Å²) in [5, 5.41) is 3.93. The summed E-state index contributed by atoms with van der Waals surface area (Å²) in [6, 6.07) is 13.1. The topological polar surface area (TPSA) is 54.5 Å². The SMILES string of the molecule is CCN1CC2CC(NCC[C@@]3(c4ccccn4)CCOC4(CCCC4)C3)c3cccc(c32)C1=O. The lowest BCUT2D eigenvalue weighted by atomic mass is 9.68. The number of pyridine rings is 1. The molecule has 1 saturated carbocycles. The van der Waals surface area contributed by atoms with Gasteiger partial charge in [-0.25, -0.2) is 0 Å². The summed E-state index contributed by atoms with van der Waals surface area (Å²) in [5.74, 6) is 0.658. The first kappa shape index (κ1) is 22.2. The summed E-state index contributed by atoms with van der Waals surface area (Å²) in [7, 11) is 0. The first-order chi connectivity index (χ1) is 16.6. The van der Waals surface area contributed by atoms with Gasteiger partial charge in [0.2, 0.25) is 0 Å². The molecular formula is C29H37N3O2. The van der Waals surface area contributed by atoms with Crippen molar-refractivity contribution in [2.75, 3.05) is 26.2 Å². The van der Waals surface area contributed by atoms with Crippen molar-refractivity contribution >= 4 is 5.91 Å². The van der Waals surface area contributed by atoms with Crippen molar-refractivity contribution in [3.63, 3.8) is 0 Å². The summed E-state index contributed by atoms with van der Waals surface area (Å²) >= 11 is 0. The Morgan fingerprint density at radius 2 is 2.03 bits per heavy atom. The van der Waals surface area contributed by atoms with Gasteiger partial charge in [-0.3, -0.25) is 9.78 Å². The zero-order valence-electron chi connectivity index (χ0n) is 20.4. The van der Waals surface area contributed by atoms with Gasteiger partial charge in [0.25, 0.3) is 5.91 Å². The van der Waals surface area contributed by atoms with E-state index < -0.39 is 0 Å². The maximum atomic E-state index is 12.9.